The number of carbonyl (C=O) groups excluding carboxylic acids is 2. The van der Waals surface area contributed by atoms with Gasteiger partial charge in [0.1, 0.15) is 12.2 Å². The van der Waals surface area contributed by atoms with Gasteiger partial charge in [-0.1, -0.05) is 24.3 Å². The van der Waals surface area contributed by atoms with Gasteiger partial charge >= 0.3 is 12.2 Å². The van der Waals surface area contributed by atoms with E-state index in [0.29, 0.717) is 6.54 Å². The van der Waals surface area contributed by atoms with Gasteiger partial charge in [0.15, 0.2) is 0 Å². The molecule has 23 heavy (non-hydrogen) atoms. The Morgan fingerprint density at radius 1 is 1.13 bits per heavy atom. The van der Waals surface area contributed by atoms with E-state index >= 15 is 0 Å². The average Bonchev–Trinajstić information content (AvgIpc) is 2.41. The Bertz CT molecular complexity index is 536. The molecule has 1 rings (SSSR count). The molecular formula is C17H26N2O4. The van der Waals surface area contributed by atoms with Crippen LogP contribution in [0.2, 0.25) is 0 Å². The van der Waals surface area contributed by atoms with Crippen LogP contribution in [0.5, 0.6) is 0 Å². The lowest BCUT2D eigenvalue weighted by Gasteiger charge is -2.19. The van der Waals surface area contributed by atoms with Gasteiger partial charge in [0, 0.05) is 12.6 Å². The van der Waals surface area contributed by atoms with Gasteiger partial charge in [-0.15, -0.1) is 0 Å². The predicted molar refractivity (Wildman–Crippen MR) is 88.0 cm³/mol. The summed E-state index contributed by atoms with van der Waals surface area (Å²) in [6.07, 6.45) is -0.909. The summed E-state index contributed by atoms with van der Waals surface area (Å²) in [5.41, 5.74) is 1.23. The third kappa shape index (κ3) is 8.70. The van der Waals surface area contributed by atoms with Crippen molar-refractivity contribution in [3.63, 3.8) is 0 Å². The van der Waals surface area contributed by atoms with Gasteiger partial charge in [-0.3, -0.25) is 0 Å². The van der Waals surface area contributed by atoms with Gasteiger partial charge in [-0.05, 0) is 45.7 Å². The molecule has 128 valence electrons. The first-order valence-electron chi connectivity index (χ1n) is 7.63. The molecular weight excluding hydrogens is 296 g/mol. The van der Waals surface area contributed by atoms with Crippen LogP contribution in [0.1, 0.15) is 45.7 Å². The highest BCUT2D eigenvalue weighted by atomic mass is 16.6. The molecule has 1 aromatic carbocycles. The van der Waals surface area contributed by atoms with Crippen molar-refractivity contribution < 1.29 is 19.1 Å². The third-order valence-electron chi connectivity index (χ3n) is 2.60. The fourth-order valence-corrected chi connectivity index (χ4v) is 1.74. The van der Waals surface area contributed by atoms with E-state index in [4.69, 9.17) is 9.47 Å². The van der Waals surface area contributed by atoms with Crippen LogP contribution in [0.3, 0.4) is 0 Å². The van der Waals surface area contributed by atoms with E-state index in [1.807, 2.05) is 58.9 Å². The molecule has 0 saturated carbocycles. The SMILES string of the molecule is CC(C)NC(=O)OCc1cccc(CNC(=O)OC(C)(C)C)c1. The summed E-state index contributed by atoms with van der Waals surface area (Å²) in [4.78, 5) is 23.1. The van der Waals surface area contributed by atoms with E-state index in [1.54, 1.807) is 0 Å². The normalized spacial score (nSPS) is 11.0. The third-order valence-corrected chi connectivity index (χ3v) is 2.60. The smallest absolute Gasteiger partial charge is 0.407 e. The van der Waals surface area contributed by atoms with Crippen LogP contribution in [0.15, 0.2) is 24.3 Å². The van der Waals surface area contributed by atoms with Crippen molar-refractivity contribution in [2.45, 2.75) is 59.4 Å². The van der Waals surface area contributed by atoms with Crippen molar-refractivity contribution in [2.24, 2.45) is 0 Å². The molecule has 2 N–H and O–H groups in total. The molecule has 0 aliphatic heterocycles. The molecule has 0 unspecified atom stereocenters. The Balaban J connectivity index is 2.47. The molecule has 0 aliphatic rings. The van der Waals surface area contributed by atoms with Crippen molar-refractivity contribution in [3.8, 4) is 0 Å². The second kappa shape index (κ2) is 8.41. The quantitative estimate of drug-likeness (QED) is 0.871. The maximum Gasteiger partial charge on any atom is 0.407 e. The number of benzene rings is 1. The molecule has 0 spiro atoms. The Kier molecular flexibility index (Phi) is 6.88. The van der Waals surface area contributed by atoms with Gasteiger partial charge < -0.3 is 20.1 Å². The average molecular weight is 322 g/mol. The topological polar surface area (TPSA) is 76.7 Å². The van der Waals surface area contributed by atoms with Crippen molar-refractivity contribution in [1.82, 2.24) is 10.6 Å². The molecule has 0 aliphatic carbocycles. The number of ether oxygens (including phenoxy) is 2. The zero-order chi connectivity index (χ0) is 17.5. The molecule has 0 heterocycles. The Morgan fingerprint density at radius 3 is 2.39 bits per heavy atom. The summed E-state index contributed by atoms with van der Waals surface area (Å²) in [5, 5.41) is 5.35. The summed E-state index contributed by atoms with van der Waals surface area (Å²) >= 11 is 0. The van der Waals surface area contributed by atoms with E-state index in [1.165, 1.54) is 0 Å². The standard InChI is InChI=1S/C17H26N2O4/c1-12(2)19-16(21)22-11-14-8-6-7-13(9-14)10-18-15(20)23-17(3,4)5/h6-9,12H,10-11H2,1-5H3,(H,18,20)(H,19,21). The number of hydrogen-bond donors (Lipinski definition) is 2. The number of amides is 2. The number of nitrogens with one attached hydrogen (secondary N) is 2. The first-order valence-corrected chi connectivity index (χ1v) is 7.63. The van der Waals surface area contributed by atoms with E-state index in [9.17, 15) is 9.59 Å². The van der Waals surface area contributed by atoms with E-state index in [-0.39, 0.29) is 12.6 Å². The fourth-order valence-electron chi connectivity index (χ4n) is 1.74. The van der Waals surface area contributed by atoms with Crippen LogP contribution in [-0.4, -0.2) is 23.8 Å². The Hall–Kier alpha value is -2.24. The molecule has 0 bridgehead atoms. The second-order valence-corrected chi connectivity index (χ2v) is 6.55. The number of hydrogen-bond acceptors (Lipinski definition) is 4. The largest absolute Gasteiger partial charge is 0.445 e. The summed E-state index contributed by atoms with van der Waals surface area (Å²) in [5.74, 6) is 0. The van der Waals surface area contributed by atoms with Crippen LogP contribution >= 0.6 is 0 Å². The monoisotopic (exact) mass is 322 g/mol. The van der Waals surface area contributed by atoms with Crippen molar-refractivity contribution in [1.29, 1.82) is 0 Å². The molecule has 0 aromatic heterocycles. The first kappa shape index (κ1) is 18.8. The van der Waals surface area contributed by atoms with Crippen LogP contribution in [-0.2, 0) is 22.6 Å². The second-order valence-electron chi connectivity index (χ2n) is 6.55. The summed E-state index contributed by atoms with van der Waals surface area (Å²) in [6, 6.07) is 7.51. The van der Waals surface area contributed by atoms with Gasteiger partial charge in [0.2, 0.25) is 0 Å². The molecule has 2 amide bonds. The highest BCUT2D eigenvalue weighted by Gasteiger charge is 2.15. The summed E-state index contributed by atoms with van der Waals surface area (Å²) < 4.78 is 10.3. The fraction of sp³-hybridized carbons (Fsp3) is 0.529. The maximum absolute atomic E-state index is 11.6. The van der Waals surface area contributed by atoms with Gasteiger partial charge in [0.05, 0.1) is 0 Å². The maximum atomic E-state index is 11.6. The van der Waals surface area contributed by atoms with E-state index < -0.39 is 17.8 Å². The van der Waals surface area contributed by atoms with Gasteiger partial charge in [-0.2, -0.15) is 0 Å². The van der Waals surface area contributed by atoms with Crippen molar-refractivity contribution >= 4 is 12.2 Å². The predicted octanol–water partition coefficient (Wildman–Crippen LogP) is 3.35. The zero-order valence-corrected chi connectivity index (χ0v) is 14.4. The minimum atomic E-state index is -0.524. The van der Waals surface area contributed by atoms with Gasteiger partial charge in [-0.25, -0.2) is 9.59 Å². The highest BCUT2D eigenvalue weighted by molar-refractivity contribution is 5.68. The van der Waals surface area contributed by atoms with Crippen LogP contribution in [0.25, 0.3) is 0 Å². The van der Waals surface area contributed by atoms with Crippen LogP contribution < -0.4 is 10.6 Å². The van der Waals surface area contributed by atoms with Crippen molar-refractivity contribution in [3.05, 3.63) is 35.4 Å². The van der Waals surface area contributed by atoms with Gasteiger partial charge in [0.25, 0.3) is 0 Å². The number of rotatable bonds is 5. The highest BCUT2D eigenvalue weighted by Crippen LogP contribution is 2.09. The molecule has 0 saturated heterocycles. The van der Waals surface area contributed by atoms with E-state index in [2.05, 4.69) is 10.6 Å². The Labute approximate surface area is 137 Å². The molecule has 6 heteroatoms. The minimum absolute atomic E-state index is 0.0341. The van der Waals surface area contributed by atoms with E-state index in [0.717, 1.165) is 11.1 Å². The number of carbonyl (C=O) groups is 2. The lowest BCUT2D eigenvalue weighted by Crippen LogP contribution is -2.32. The first-order chi connectivity index (χ1) is 10.7. The molecule has 0 radical (unpaired) electrons. The minimum Gasteiger partial charge on any atom is -0.445 e. The molecule has 1 aromatic rings. The lowest BCUT2D eigenvalue weighted by molar-refractivity contribution is 0.0523. The summed E-state index contributed by atoms with van der Waals surface area (Å²) in [7, 11) is 0. The lowest BCUT2D eigenvalue weighted by atomic mass is 10.1. The molecule has 0 fully saturated rings. The van der Waals surface area contributed by atoms with Crippen LogP contribution in [0.4, 0.5) is 9.59 Å². The Morgan fingerprint density at radius 2 is 1.78 bits per heavy atom. The summed E-state index contributed by atoms with van der Waals surface area (Å²) in [6.45, 7) is 9.69. The molecule has 0 atom stereocenters. The van der Waals surface area contributed by atoms with Crippen molar-refractivity contribution in [2.75, 3.05) is 0 Å². The number of alkyl carbamates (subject to hydrolysis) is 2. The van der Waals surface area contributed by atoms with Crippen LogP contribution in [0, 0.1) is 0 Å². The molecule has 6 nitrogen and oxygen atoms in total. The zero-order valence-electron chi connectivity index (χ0n) is 14.4.